The molecule has 2 heterocycles. The van der Waals surface area contributed by atoms with Crippen molar-refractivity contribution in [3.63, 3.8) is 0 Å². The van der Waals surface area contributed by atoms with Crippen molar-refractivity contribution >= 4 is 22.4 Å². The number of thiazole rings is 1. The van der Waals surface area contributed by atoms with Gasteiger partial charge in [-0.2, -0.15) is 0 Å². The van der Waals surface area contributed by atoms with Crippen LogP contribution < -0.4 is 10.2 Å². The van der Waals surface area contributed by atoms with Crippen LogP contribution in [0.2, 0.25) is 0 Å². The van der Waals surface area contributed by atoms with E-state index in [1.807, 2.05) is 25.4 Å². The van der Waals surface area contributed by atoms with Crippen molar-refractivity contribution in [1.29, 1.82) is 0 Å². The number of benzene rings is 1. The number of hydrogen-bond donors (Lipinski definition) is 1. The molecule has 1 aromatic carbocycles. The Bertz CT molecular complexity index is 658. The van der Waals surface area contributed by atoms with E-state index >= 15 is 0 Å². The second kappa shape index (κ2) is 6.08. The predicted octanol–water partition coefficient (Wildman–Crippen LogP) is 3.08. The summed E-state index contributed by atoms with van der Waals surface area (Å²) in [5.74, 6) is 0.0426. The smallest absolute Gasteiger partial charge is 0.252 e. The van der Waals surface area contributed by atoms with Crippen molar-refractivity contribution in [3.05, 3.63) is 46.0 Å². The van der Waals surface area contributed by atoms with Crippen LogP contribution in [0.1, 0.15) is 33.5 Å². The van der Waals surface area contributed by atoms with Crippen molar-refractivity contribution in [3.8, 4) is 0 Å². The summed E-state index contributed by atoms with van der Waals surface area (Å²) < 4.78 is 0. The Morgan fingerprint density at radius 1 is 1.32 bits per heavy atom. The van der Waals surface area contributed by atoms with Crippen molar-refractivity contribution < 1.29 is 4.79 Å². The number of aryl methyl sites for hydroxylation is 3. The number of aromatic nitrogens is 1. The van der Waals surface area contributed by atoms with E-state index in [2.05, 4.69) is 34.3 Å². The Morgan fingerprint density at radius 2 is 2.05 bits per heavy atom. The molecule has 1 saturated heterocycles. The fourth-order valence-electron chi connectivity index (χ4n) is 3.22. The van der Waals surface area contributed by atoms with Gasteiger partial charge in [-0.3, -0.25) is 4.79 Å². The molecule has 1 aromatic heterocycles. The first-order valence-corrected chi connectivity index (χ1v) is 8.45. The van der Waals surface area contributed by atoms with Gasteiger partial charge in [0.25, 0.3) is 5.91 Å². The number of carbonyl (C=O) groups is 1. The minimum absolute atomic E-state index is 0.0426. The number of nitrogens with zero attached hydrogens (tertiary/aromatic N) is 2. The molecule has 4 nitrogen and oxygen atoms in total. The minimum atomic E-state index is 0.0426. The lowest BCUT2D eigenvalue weighted by Gasteiger charge is -2.17. The summed E-state index contributed by atoms with van der Waals surface area (Å²) in [6.07, 6.45) is 2.79. The van der Waals surface area contributed by atoms with E-state index in [1.165, 1.54) is 5.56 Å². The molecule has 0 bridgehead atoms. The number of rotatable bonds is 3. The Hall–Kier alpha value is -1.88. The maximum Gasteiger partial charge on any atom is 0.252 e. The highest BCUT2D eigenvalue weighted by Gasteiger charge is 2.26. The van der Waals surface area contributed by atoms with E-state index in [4.69, 9.17) is 0 Å². The Morgan fingerprint density at radius 3 is 2.68 bits per heavy atom. The van der Waals surface area contributed by atoms with Crippen LogP contribution in [0.15, 0.2) is 23.7 Å². The zero-order valence-corrected chi connectivity index (χ0v) is 14.0. The average Bonchev–Trinajstić information content (AvgIpc) is 3.07. The second-order valence-electron chi connectivity index (χ2n) is 5.99. The summed E-state index contributed by atoms with van der Waals surface area (Å²) in [5, 5.41) is 6.21. The Kier molecular flexibility index (Phi) is 4.16. The van der Waals surface area contributed by atoms with Crippen molar-refractivity contribution in [1.82, 2.24) is 10.3 Å². The summed E-state index contributed by atoms with van der Waals surface area (Å²) in [4.78, 5) is 19.2. The van der Waals surface area contributed by atoms with E-state index in [0.717, 1.165) is 41.3 Å². The third-order valence-corrected chi connectivity index (χ3v) is 4.95. The highest BCUT2D eigenvalue weighted by Crippen LogP contribution is 2.23. The second-order valence-corrected chi connectivity index (χ2v) is 6.87. The first kappa shape index (κ1) is 15.0. The minimum Gasteiger partial charge on any atom is -0.347 e. The third kappa shape index (κ3) is 2.99. The van der Waals surface area contributed by atoms with E-state index in [-0.39, 0.29) is 11.9 Å². The normalized spacial score (nSPS) is 17.8. The lowest BCUT2D eigenvalue weighted by atomic mass is 9.99. The van der Waals surface area contributed by atoms with E-state index < -0.39 is 0 Å². The monoisotopic (exact) mass is 315 g/mol. The molecule has 2 aromatic rings. The molecule has 1 atom stereocenters. The van der Waals surface area contributed by atoms with Crippen LogP contribution >= 0.6 is 11.3 Å². The number of nitrogens with one attached hydrogen (secondary N) is 1. The standard InChI is InChI=1S/C17H21N3OS/c1-11-8-12(2)15(13(3)9-11)16(21)19-14-4-6-20(10-14)17-18-5-7-22-17/h5,7-9,14H,4,6,10H2,1-3H3,(H,19,21). The van der Waals surface area contributed by atoms with Crippen molar-refractivity contribution in [2.45, 2.75) is 33.2 Å². The summed E-state index contributed by atoms with van der Waals surface area (Å²) in [7, 11) is 0. The highest BCUT2D eigenvalue weighted by atomic mass is 32.1. The van der Waals surface area contributed by atoms with Crippen LogP contribution in [-0.4, -0.2) is 30.0 Å². The van der Waals surface area contributed by atoms with Gasteiger partial charge in [0.05, 0.1) is 0 Å². The third-order valence-electron chi connectivity index (χ3n) is 4.12. The molecule has 1 aliphatic heterocycles. The fraction of sp³-hybridized carbons (Fsp3) is 0.412. The molecule has 116 valence electrons. The van der Waals surface area contributed by atoms with E-state index in [1.54, 1.807) is 11.3 Å². The Labute approximate surface area is 135 Å². The van der Waals surface area contributed by atoms with Gasteiger partial charge in [-0.15, -0.1) is 11.3 Å². The van der Waals surface area contributed by atoms with Gasteiger partial charge >= 0.3 is 0 Å². The number of carbonyl (C=O) groups excluding carboxylic acids is 1. The lowest BCUT2D eigenvalue weighted by molar-refractivity contribution is 0.0939. The summed E-state index contributed by atoms with van der Waals surface area (Å²) in [6.45, 7) is 7.86. The molecular formula is C17H21N3OS. The molecule has 3 rings (SSSR count). The predicted molar refractivity (Wildman–Crippen MR) is 90.9 cm³/mol. The lowest BCUT2D eigenvalue weighted by Crippen LogP contribution is -2.37. The van der Waals surface area contributed by atoms with Crippen molar-refractivity contribution in [2.24, 2.45) is 0 Å². The Balaban J connectivity index is 1.68. The quantitative estimate of drug-likeness (QED) is 0.947. The molecule has 1 aliphatic rings. The number of anilines is 1. The van der Waals surface area contributed by atoms with Gasteiger partial charge in [-0.25, -0.2) is 4.98 Å². The van der Waals surface area contributed by atoms with Crippen LogP contribution in [0.25, 0.3) is 0 Å². The van der Waals surface area contributed by atoms with Crippen LogP contribution in [0.5, 0.6) is 0 Å². The SMILES string of the molecule is Cc1cc(C)c(C(=O)NC2CCN(c3nccs3)C2)c(C)c1. The van der Waals surface area contributed by atoms with Gasteiger partial charge in [0.2, 0.25) is 0 Å². The van der Waals surface area contributed by atoms with Gasteiger partial charge in [-0.05, 0) is 38.3 Å². The summed E-state index contributed by atoms with van der Waals surface area (Å²) in [5.41, 5.74) is 4.11. The zero-order valence-electron chi connectivity index (χ0n) is 13.2. The largest absolute Gasteiger partial charge is 0.347 e. The molecule has 1 amide bonds. The molecule has 0 aliphatic carbocycles. The van der Waals surface area contributed by atoms with Crippen LogP contribution in [0.3, 0.4) is 0 Å². The molecule has 0 saturated carbocycles. The molecule has 0 spiro atoms. The molecule has 1 N–H and O–H groups in total. The zero-order chi connectivity index (χ0) is 15.7. The first-order chi connectivity index (χ1) is 10.5. The molecular weight excluding hydrogens is 294 g/mol. The van der Waals surface area contributed by atoms with Crippen LogP contribution in [0, 0.1) is 20.8 Å². The molecule has 1 fully saturated rings. The summed E-state index contributed by atoms with van der Waals surface area (Å²) >= 11 is 1.65. The molecule has 0 radical (unpaired) electrons. The number of amides is 1. The average molecular weight is 315 g/mol. The maximum absolute atomic E-state index is 12.6. The van der Waals surface area contributed by atoms with E-state index in [9.17, 15) is 4.79 Å². The summed E-state index contributed by atoms with van der Waals surface area (Å²) in [6, 6.07) is 4.33. The molecule has 5 heteroatoms. The van der Waals surface area contributed by atoms with Gasteiger partial charge in [-0.1, -0.05) is 17.7 Å². The van der Waals surface area contributed by atoms with Gasteiger partial charge in [0.1, 0.15) is 0 Å². The van der Waals surface area contributed by atoms with Crippen LogP contribution in [-0.2, 0) is 0 Å². The number of hydrogen-bond acceptors (Lipinski definition) is 4. The topological polar surface area (TPSA) is 45.2 Å². The highest BCUT2D eigenvalue weighted by molar-refractivity contribution is 7.13. The van der Waals surface area contributed by atoms with E-state index in [0.29, 0.717) is 0 Å². The van der Waals surface area contributed by atoms with Gasteiger partial charge < -0.3 is 10.2 Å². The fourth-order valence-corrected chi connectivity index (χ4v) is 3.90. The maximum atomic E-state index is 12.6. The first-order valence-electron chi connectivity index (χ1n) is 7.58. The molecule has 1 unspecified atom stereocenters. The van der Waals surface area contributed by atoms with Crippen LogP contribution in [0.4, 0.5) is 5.13 Å². The van der Waals surface area contributed by atoms with Crippen molar-refractivity contribution in [2.75, 3.05) is 18.0 Å². The van der Waals surface area contributed by atoms with Gasteiger partial charge in [0.15, 0.2) is 5.13 Å². The molecule has 22 heavy (non-hydrogen) atoms. The van der Waals surface area contributed by atoms with Gasteiger partial charge in [0, 0.05) is 36.3 Å².